The minimum absolute atomic E-state index is 0.0509. The van der Waals surface area contributed by atoms with Crippen molar-refractivity contribution in [1.29, 1.82) is 0 Å². The van der Waals surface area contributed by atoms with E-state index in [-0.39, 0.29) is 74.0 Å². The average molecular weight is 1570 g/mol. The Balaban J connectivity index is 0.000000156. The van der Waals surface area contributed by atoms with Gasteiger partial charge in [0.15, 0.2) is 57.7 Å². The molecule has 1 atom stereocenters. The number of aliphatic imine (C=N–C) groups is 1. The molecule has 7 aromatic heterocycles. The number of amides is 3. The lowest BCUT2D eigenvalue weighted by atomic mass is 10.1. The summed E-state index contributed by atoms with van der Waals surface area (Å²) in [7, 11) is 2.44. The molecule has 0 aliphatic carbocycles. The van der Waals surface area contributed by atoms with Gasteiger partial charge < -0.3 is 47.2 Å². The number of primary amides is 1. The molecule has 12 rings (SSSR count). The number of aromatic nitrogens is 13. The summed E-state index contributed by atoms with van der Waals surface area (Å²) in [6, 6.07) is 20.6. The van der Waals surface area contributed by atoms with E-state index >= 15 is 0 Å². The second-order valence-electron chi connectivity index (χ2n) is 18.4. The van der Waals surface area contributed by atoms with Crippen molar-refractivity contribution in [2.24, 2.45) is 10.7 Å². The molecule has 0 bridgehead atoms. The molecular weight excluding hydrogens is 1520 g/mol. The number of benzene rings is 4. The van der Waals surface area contributed by atoms with Crippen LogP contribution >= 0.6 is 63.7 Å². The smallest absolute Gasteiger partial charge is 0.360 e. The van der Waals surface area contributed by atoms with Crippen LogP contribution < -0.4 is 38.3 Å². The van der Waals surface area contributed by atoms with Crippen molar-refractivity contribution in [2.45, 2.75) is 6.17 Å². The number of fused-ring (bicyclic) bond motifs is 2. The van der Waals surface area contributed by atoms with Gasteiger partial charge in [-0.25, -0.2) is 82.0 Å². The number of H-pyrrole nitrogens is 1. The molecule has 0 spiro atoms. The van der Waals surface area contributed by atoms with Crippen LogP contribution in [0.2, 0.25) is 0 Å². The summed E-state index contributed by atoms with van der Waals surface area (Å²) in [6.45, 7) is 0. The Bertz CT molecular complexity index is 4800. The number of nitrogens with one attached hydrogen (secondary N) is 5. The van der Waals surface area contributed by atoms with E-state index in [1.165, 1.54) is 106 Å². The first-order valence-corrected chi connectivity index (χ1v) is 29.9. The number of methoxy groups -OCH3 is 2. The van der Waals surface area contributed by atoms with Gasteiger partial charge in [0.1, 0.15) is 40.6 Å². The first-order chi connectivity index (χ1) is 46.1. The Labute approximate surface area is 571 Å². The molecule has 36 heteroatoms. The van der Waals surface area contributed by atoms with E-state index in [4.69, 9.17) is 11.5 Å². The molecular formula is C60H42Br4F4N20O8. The highest BCUT2D eigenvalue weighted by Gasteiger charge is 2.27. The molecule has 0 radical (unpaired) electrons. The molecule has 96 heavy (non-hydrogen) atoms. The van der Waals surface area contributed by atoms with Crippen molar-refractivity contribution in [3.63, 3.8) is 0 Å². The number of carbonyl (C=O) groups is 5. The SMILES string of the molecule is COC(=O)c1nccnc1N.COC(=O)c1nccnc1NC(=O)c1cc(Br)ccc1F.Fc1ccc(Br)cc1C1=NC(Nc2ccncc2)c2nccnc2N1.NC(=O)c1nccnc1NC(=O)c1cc(Br)ccc1F.O=c1[nH]c(-c2cc(Br)ccc2F)nc2nccnc12. The monoisotopic (exact) mass is 1560 g/mol. The van der Waals surface area contributed by atoms with Gasteiger partial charge in [-0.15, -0.1) is 0 Å². The number of hydrogen-bond acceptors (Lipinski definition) is 24. The van der Waals surface area contributed by atoms with Crippen molar-refractivity contribution < 1.29 is 51.0 Å². The third-order valence-corrected chi connectivity index (χ3v) is 14.1. The van der Waals surface area contributed by atoms with Crippen LogP contribution in [0.15, 0.2) is 187 Å². The fraction of sp³-hybridized carbons (Fsp3) is 0.0500. The predicted octanol–water partition coefficient (Wildman–Crippen LogP) is 10.0. The quantitative estimate of drug-likeness (QED) is 0.0467. The number of esters is 2. The van der Waals surface area contributed by atoms with Gasteiger partial charge in [-0.2, -0.15) is 0 Å². The maximum Gasteiger partial charge on any atom is 0.360 e. The number of rotatable bonds is 11. The number of anilines is 5. The van der Waals surface area contributed by atoms with E-state index in [0.29, 0.717) is 36.3 Å². The molecule has 1 aliphatic heterocycles. The predicted molar refractivity (Wildman–Crippen MR) is 354 cm³/mol. The number of amidine groups is 1. The lowest BCUT2D eigenvalue weighted by molar-refractivity contribution is 0.0586. The van der Waals surface area contributed by atoms with Gasteiger partial charge in [-0.1, -0.05) is 63.7 Å². The van der Waals surface area contributed by atoms with E-state index in [9.17, 15) is 46.3 Å². The molecule has 3 amide bonds. The molecule has 0 saturated heterocycles. The number of nitrogens with two attached hydrogens (primary N) is 2. The van der Waals surface area contributed by atoms with Crippen LogP contribution in [-0.2, 0) is 9.47 Å². The maximum absolute atomic E-state index is 14.3. The number of pyridine rings is 1. The summed E-state index contributed by atoms with van der Waals surface area (Å²) in [5.74, 6) is -5.02. The number of aromatic amines is 1. The van der Waals surface area contributed by atoms with Crippen LogP contribution in [0.1, 0.15) is 69.6 Å². The highest BCUT2D eigenvalue weighted by molar-refractivity contribution is 9.11. The number of nitrogen functional groups attached to an aromatic ring is 1. The maximum atomic E-state index is 14.3. The van der Waals surface area contributed by atoms with Crippen LogP contribution in [0.5, 0.6) is 0 Å². The average Bonchev–Trinajstić information content (AvgIpc) is 0.801. The third-order valence-electron chi connectivity index (χ3n) is 12.1. The van der Waals surface area contributed by atoms with E-state index in [1.54, 1.807) is 43.0 Å². The standard InChI is InChI=1S/C17H12BrFN6.C13H9BrFN3O3.C12H8BrFN4O2.C12H6BrFN4O.C6H7N3O2/c18-10-1-2-13(19)12(9-10)15-24-16-14(21-7-8-22-16)17(25-15)23-11-3-5-20-6-4-11;1-21-13(20)10-11(17-5-4-16-10)18-12(19)8-6-7(14)2-3-9(8)15;13-6-1-2-8(14)7(5-6)12(20)18-11-9(10(15)19)16-3-4-17-11;13-6-1-2-8(14)7(5-6)10-17-11-9(12(19)18-10)15-3-4-16-11;1-11-6(10)4-5(7)9-3-2-8-4/h1-9,17H,(H,20,23)(H,22,24,25);2-6H,1H3,(H,17,18,19);1-5H,(H2,15,19)(H,17,18,20);1-5H,(H,16,17,18,19);2-3H,1H3,(H2,7,9). The molecule has 0 saturated carbocycles. The zero-order chi connectivity index (χ0) is 69.0. The van der Waals surface area contributed by atoms with E-state index in [2.05, 4.69) is 164 Å². The lowest BCUT2D eigenvalue weighted by Crippen LogP contribution is -2.27. The minimum Gasteiger partial charge on any atom is -0.464 e. The molecule has 486 valence electrons. The van der Waals surface area contributed by atoms with Crippen LogP contribution in [0, 0.1) is 23.3 Å². The van der Waals surface area contributed by atoms with Gasteiger partial charge >= 0.3 is 11.9 Å². The lowest BCUT2D eigenvalue weighted by Gasteiger charge is -2.25. The Morgan fingerprint density at radius 1 is 0.531 bits per heavy atom. The molecule has 1 aliphatic rings. The molecule has 4 aromatic carbocycles. The molecule has 9 N–H and O–H groups in total. The Morgan fingerprint density at radius 2 is 1.00 bits per heavy atom. The number of ether oxygens (including phenoxy) is 2. The van der Waals surface area contributed by atoms with E-state index < -0.39 is 58.8 Å². The van der Waals surface area contributed by atoms with Gasteiger partial charge in [0.2, 0.25) is 0 Å². The summed E-state index contributed by atoms with van der Waals surface area (Å²) in [4.78, 5) is 124. The van der Waals surface area contributed by atoms with Crippen molar-refractivity contribution in [2.75, 3.05) is 41.2 Å². The van der Waals surface area contributed by atoms with E-state index in [0.717, 1.165) is 22.3 Å². The van der Waals surface area contributed by atoms with Gasteiger partial charge in [0.05, 0.1) is 36.5 Å². The summed E-state index contributed by atoms with van der Waals surface area (Å²) < 4.78 is 66.7. The van der Waals surface area contributed by atoms with Gasteiger partial charge in [0, 0.05) is 97.9 Å². The highest BCUT2D eigenvalue weighted by Crippen LogP contribution is 2.31. The summed E-state index contributed by atoms with van der Waals surface area (Å²) in [5.41, 5.74) is 11.6. The van der Waals surface area contributed by atoms with Crippen LogP contribution in [0.3, 0.4) is 0 Å². The zero-order valence-electron chi connectivity index (χ0n) is 48.8. The minimum atomic E-state index is -0.844. The van der Waals surface area contributed by atoms with Crippen molar-refractivity contribution in [1.82, 2.24) is 64.8 Å². The molecule has 11 aromatic rings. The van der Waals surface area contributed by atoms with Gasteiger partial charge in [0.25, 0.3) is 23.3 Å². The van der Waals surface area contributed by atoms with Crippen LogP contribution in [0.4, 0.5) is 46.5 Å². The second-order valence-corrected chi connectivity index (χ2v) is 22.0. The highest BCUT2D eigenvalue weighted by atomic mass is 79.9. The fourth-order valence-corrected chi connectivity index (χ4v) is 9.21. The number of hydrogen-bond donors (Lipinski definition) is 7. The van der Waals surface area contributed by atoms with Gasteiger partial charge in [-0.3, -0.25) is 29.1 Å². The Kier molecular flexibility index (Phi) is 24.6. The number of nitrogens with zero attached hydrogens (tertiary/aromatic N) is 13. The molecule has 28 nitrogen and oxygen atoms in total. The topological polar surface area (TPSA) is 404 Å². The van der Waals surface area contributed by atoms with Crippen molar-refractivity contribution in [3.05, 3.63) is 250 Å². The van der Waals surface area contributed by atoms with Crippen molar-refractivity contribution >= 4 is 139 Å². The molecule has 0 fully saturated rings. The number of carbonyl (C=O) groups excluding carboxylic acids is 5. The zero-order valence-corrected chi connectivity index (χ0v) is 55.2. The first-order valence-electron chi connectivity index (χ1n) is 26.7. The summed E-state index contributed by atoms with van der Waals surface area (Å²) >= 11 is 12.9. The molecule has 8 heterocycles. The Morgan fingerprint density at radius 3 is 1.58 bits per heavy atom. The summed E-state index contributed by atoms with van der Waals surface area (Å²) in [6.07, 6.45) is 16.8. The van der Waals surface area contributed by atoms with Gasteiger partial charge in [-0.05, 0) is 84.9 Å². The van der Waals surface area contributed by atoms with Crippen molar-refractivity contribution in [3.8, 4) is 11.4 Å². The van der Waals surface area contributed by atoms with Crippen LogP contribution in [0.25, 0.3) is 22.6 Å². The summed E-state index contributed by atoms with van der Waals surface area (Å²) in [5, 5.41) is 11.0. The normalized spacial score (nSPS) is 11.6. The van der Waals surface area contributed by atoms with E-state index in [1.807, 2.05) is 12.1 Å². The third kappa shape index (κ3) is 18.7. The number of halogens is 8. The van der Waals surface area contributed by atoms with Crippen LogP contribution in [-0.4, -0.2) is 115 Å². The fourth-order valence-electron chi connectivity index (χ4n) is 7.76. The largest absolute Gasteiger partial charge is 0.464 e. The first kappa shape index (κ1) is 70.5. The second kappa shape index (κ2) is 33.5. The molecule has 1 unspecified atom stereocenters. The Hall–Kier alpha value is -11.4.